The largest absolute Gasteiger partial charge is 0.449 e. The standard InChI is InChI=1S/C20H13F6N5O3/c1-9-28-6-12(17(32)30-9)7-31-8-29-15(20(25,26)19(23)24)14(18(31)33)34-13-3-10(5-27)2-11(4-13)16(21)22/h2-4,6,8,16,19H,7H2,1H3,(H,28,30,32). The first kappa shape index (κ1) is 24.5. The minimum Gasteiger partial charge on any atom is -0.449 e. The second kappa shape index (κ2) is 9.38. The summed E-state index contributed by atoms with van der Waals surface area (Å²) >= 11 is 0. The summed E-state index contributed by atoms with van der Waals surface area (Å²) in [6.45, 7) is 0.931. The maximum Gasteiger partial charge on any atom is 0.352 e. The van der Waals surface area contributed by atoms with Gasteiger partial charge in [-0.1, -0.05) is 0 Å². The van der Waals surface area contributed by atoms with Crippen molar-refractivity contribution >= 4 is 0 Å². The number of aromatic nitrogens is 4. The number of nitriles is 1. The van der Waals surface area contributed by atoms with Crippen molar-refractivity contribution in [2.24, 2.45) is 0 Å². The van der Waals surface area contributed by atoms with Crippen LogP contribution < -0.4 is 15.9 Å². The van der Waals surface area contributed by atoms with Crippen LogP contribution in [-0.2, 0) is 12.5 Å². The third-order valence-electron chi connectivity index (χ3n) is 4.46. The molecule has 0 unspecified atom stereocenters. The number of ether oxygens (including phenoxy) is 1. The molecule has 0 atom stereocenters. The van der Waals surface area contributed by atoms with E-state index in [1.54, 1.807) is 6.07 Å². The summed E-state index contributed by atoms with van der Waals surface area (Å²) in [5.74, 6) is -6.75. The molecule has 0 amide bonds. The molecule has 34 heavy (non-hydrogen) atoms. The molecule has 0 aliphatic rings. The molecule has 3 rings (SSSR count). The van der Waals surface area contributed by atoms with Crippen LogP contribution in [0.15, 0.2) is 40.3 Å². The quantitative estimate of drug-likeness (QED) is 0.512. The summed E-state index contributed by atoms with van der Waals surface area (Å²) in [6.07, 6.45) is -5.77. The Balaban J connectivity index is 2.18. The monoisotopic (exact) mass is 485 g/mol. The Kier molecular flexibility index (Phi) is 6.75. The van der Waals surface area contributed by atoms with E-state index in [4.69, 9.17) is 10.00 Å². The van der Waals surface area contributed by atoms with Crippen molar-refractivity contribution in [3.8, 4) is 17.6 Å². The number of halogens is 6. The van der Waals surface area contributed by atoms with Gasteiger partial charge in [-0.2, -0.15) is 14.0 Å². The molecule has 2 aromatic heterocycles. The molecule has 0 aliphatic heterocycles. The van der Waals surface area contributed by atoms with E-state index in [1.165, 1.54) is 6.92 Å². The van der Waals surface area contributed by atoms with Crippen LogP contribution in [0.2, 0.25) is 0 Å². The molecule has 1 N–H and O–H groups in total. The van der Waals surface area contributed by atoms with Gasteiger partial charge in [0.1, 0.15) is 11.6 Å². The van der Waals surface area contributed by atoms with Gasteiger partial charge in [-0.15, -0.1) is 0 Å². The summed E-state index contributed by atoms with van der Waals surface area (Å²) in [7, 11) is 0. The lowest BCUT2D eigenvalue weighted by Gasteiger charge is -2.19. The van der Waals surface area contributed by atoms with Crippen molar-refractivity contribution in [2.45, 2.75) is 32.2 Å². The van der Waals surface area contributed by atoms with Crippen LogP contribution in [0.3, 0.4) is 0 Å². The maximum atomic E-state index is 14.2. The first-order chi connectivity index (χ1) is 15.9. The molecule has 0 spiro atoms. The van der Waals surface area contributed by atoms with Crippen molar-refractivity contribution in [1.29, 1.82) is 5.26 Å². The lowest BCUT2D eigenvalue weighted by atomic mass is 10.1. The van der Waals surface area contributed by atoms with Gasteiger partial charge in [0.2, 0.25) is 5.75 Å². The predicted molar refractivity (Wildman–Crippen MR) is 103 cm³/mol. The molecule has 0 bridgehead atoms. The molecule has 0 fully saturated rings. The highest BCUT2D eigenvalue weighted by Gasteiger charge is 2.48. The van der Waals surface area contributed by atoms with E-state index in [0.29, 0.717) is 17.0 Å². The van der Waals surface area contributed by atoms with Crippen LogP contribution in [-0.4, -0.2) is 25.9 Å². The third-order valence-corrected chi connectivity index (χ3v) is 4.46. The van der Waals surface area contributed by atoms with Crippen molar-refractivity contribution in [3.63, 3.8) is 0 Å². The van der Waals surface area contributed by atoms with Crippen LogP contribution in [0.5, 0.6) is 11.5 Å². The van der Waals surface area contributed by atoms with Crippen molar-refractivity contribution in [1.82, 2.24) is 19.5 Å². The number of H-pyrrole nitrogens is 1. The fraction of sp³-hybridized carbons (Fsp3) is 0.250. The Morgan fingerprint density at radius 2 is 1.88 bits per heavy atom. The zero-order valence-corrected chi connectivity index (χ0v) is 17.0. The Hall–Kier alpha value is -4.15. The zero-order valence-electron chi connectivity index (χ0n) is 17.0. The summed E-state index contributed by atoms with van der Waals surface area (Å²) in [6, 6.07) is 3.85. The molecular weight excluding hydrogens is 472 g/mol. The van der Waals surface area contributed by atoms with Gasteiger partial charge in [-0.3, -0.25) is 14.2 Å². The fourth-order valence-electron chi connectivity index (χ4n) is 2.81. The zero-order chi connectivity index (χ0) is 25.2. The highest BCUT2D eigenvalue weighted by atomic mass is 19.3. The third kappa shape index (κ3) is 4.92. The minimum atomic E-state index is -4.95. The molecule has 3 aromatic rings. The van der Waals surface area contributed by atoms with E-state index in [9.17, 15) is 35.9 Å². The van der Waals surface area contributed by atoms with Gasteiger partial charge in [-0.25, -0.2) is 27.5 Å². The second-order valence-electron chi connectivity index (χ2n) is 6.91. The van der Waals surface area contributed by atoms with Gasteiger partial charge in [0.15, 0.2) is 5.69 Å². The number of nitrogens with zero attached hydrogens (tertiary/aromatic N) is 4. The maximum absolute atomic E-state index is 14.2. The van der Waals surface area contributed by atoms with E-state index in [2.05, 4.69) is 15.0 Å². The van der Waals surface area contributed by atoms with E-state index in [0.717, 1.165) is 18.3 Å². The number of aryl methyl sites for hydroxylation is 1. The summed E-state index contributed by atoms with van der Waals surface area (Å²) in [5, 5.41) is 9.01. The van der Waals surface area contributed by atoms with Gasteiger partial charge < -0.3 is 9.72 Å². The van der Waals surface area contributed by atoms with E-state index in [-0.39, 0.29) is 17.0 Å². The lowest BCUT2D eigenvalue weighted by Crippen LogP contribution is -2.32. The summed E-state index contributed by atoms with van der Waals surface area (Å²) in [5.41, 5.74) is -5.02. The molecule has 8 nitrogen and oxygen atoms in total. The average Bonchev–Trinajstić information content (AvgIpc) is 2.77. The van der Waals surface area contributed by atoms with Gasteiger partial charge in [0.25, 0.3) is 17.5 Å². The first-order valence-electron chi connectivity index (χ1n) is 9.25. The van der Waals surface area contributed by atoms with E-state index < -0.39 is 59.2 Å². The van der Waals surface area contributed by atoms with Crippen LogP contribution in [0.4, 0.5) is 26.3 Å². The molecule has 0 aliphatic carbocycles. The molecule has 0 saturated carbocycles. The van der Waals surface area contributed by atoms with Crippen LogP contribution >= 0.6 is 0 Å². The fourth-order valence-corrected chi connectivity index (χ4v) is 2.81. The van der Waals surface area contributed by atoms with E-state index in [1.807, 2.05) is 0 Å². The number of benzene rings is 1. The van der Waals surface area contributed by atoms with Gasteiger partial charge in [0.05, 0.1) is 30.1 Å². The smallest absolute Gasteiger partial charge is 0.352 e. The summed E-state index contributed by atoms with van der Waals surface area (Å²) in [4.78, 5) is 34.4. The highest BCUT2D eigenvalue weighted by molar-refractivity contribution is 5.44. The minimum absolute atomic E-state index is 0.0970. The van der Waals surface area contributed by atoms with Crippen LogP contribution in [0.1, 0.15) is 34.6 Å². The topological polar surface area (TPSA) is 114 Å². The van der Waals surface area contributed by atoms with Crippen LogP contribution in [0, 0.1) is 18.3 Å². The number of hydrogen-bond acceptors (Lipinski definition) is 6. The number of hydrogen-bond donors (Lipinski definition) is 1. The van der Waals surface area contributed by atoms with Gasteiger partial charge >= 0.3 is 12.3 Å². The van der Waals surface area contributed by atoms with Crippen molar-refractivity contribution < 1.29 is 31.1 Å². The number of rotatable bonds is 7. The Bertz CT molecular complexity index is 1380. The van der Waals surface area contributed by atoms with Crippen LogP contribution in [0.25, 0.3) is 0 Å². The Labute approximate surface area is 186 Å². The SMILES string of the molecule is Cc1ncc(Cn2cnc(C(F)(F)C(F)F)c(Oc3cc(C#N)cc(C(F)F)c3)c2=O)c(=O)[nH]1. The predicted octanol–water partition coefficient (Wildman–Crippen LogP) is 3.64. The highest BCUT2D eigenvalue weighted by Crippen LogP contribution is 2.38. The average molecular weight is 485 g/mol. The first-order valence-corrected chi connectivity index (χ1v) is 9.25. The van der Waals surface area contributed by atoms with E-state index >= 15 is 0 Å². The number of nitrogens with one attached hydrogen (secondary N) is 1. The Morgan fingerprint density at radius 3 is 2.47 bits per heavy atom. The summed E-state index contributed by atoms with van der Waals surface area (Å²) < 4.78 is 86.3. The molecule has 1 aromatic carbocycles. The number of alkyl halides is 6. The number of aromatic amines is 1. The molecule has 0 saturated heterocycles. The molecular formula is C20H13F6N5O3. The van der Waals surface area contributed by atoms with Crippen molar-refractivity contribution in [3.05, 3.63) is 79.6 Å². The Morgan fingerprint density at radius 1 is 1.18 bits per heavy atom. The van der Waals surface area contributed by atoms with Gasteiger partial charge in [-0.05, 0) is 25.1 Å². The van der Waals surface area contributed by atoms with Crippen molar-refractivity contribution in [2.75, 3.05) is 0 Å². The second-order valence-corrected chi connectivity index (χ2v) is 6.91. The molecule has 178 valence electrons. The normalized spacial score (nSPS) is 11.6. The molecule has 14 heteroatoms. The molecule has 0 radical (unpaired) electrons. The molecule has 2 heterocycles. The lowest BCUT2D eigenvalue weighted by molar-refractivity contribution is -0.139. The van der Waals surface area contributed by atoms with Gasteiger partial charge in [0, 0.05) is 11.8 Å².